The molecule has 5 rings (SSSR count). The molecule has 0 unspecified atom stereocenters. The molecule has 0 bridgehead atoms. The van der Waals surface area contributed by atoms with Crippen LogP contribution in [0.25, 0.3) is 0 Å². The maximum Gasteiger partial charge on any atom is 0.266 e. The van der Waals surface area contributed by atoms with Crippen molar-refractivity contribution in [2.24, 2.45) is 5.92 Å². The molecule has 2 fully saturated rings. The number of rotatable bonds is 4. The lowest BCUT2D eigenvalue weighted by molar-refractivity contribution is -0.126. The Hall–Kier alpha value is -3.71. The molecule has 0 spiro atoms. The summed E-state index contributed by atoms with van der Waals surface area (Å²) in [5.74, 6) is -0.688. The molecule has 7 heteroatoms. The van der Waals surface area contributed by atoms with Gasteiger partial charge in [-0.2, -0.15) is 0 Å². The second-order valence-corrected chi connectivity index (χ2v) is 7.61. The number of hydroxylamine groups is 1. The molecule has 2 aliphatic heterocycles. The third-order valence-electron chi connectivity index (χ3n) is 5.82. The molecule has 156 valence electrons. The van der Waals surface area contributed by atoms with Crippen LogP contribution in [0, 0.1) is 12.8 Å². The third-order valence-corrected chi connectivity index (χ3v) is 5.82. The lowest BCUT2D eigenvalue weighted by atomic mass is 9.91. The molecule has 7 nitrogen and oxygen atoms in total. The van der Waals surface area contributed by atoms with Crippen LogP contribution in [-0.2, 0) is 14.4 Å². The van der Waals surface area contributed by atoms with Gasteiger partial charge in [0, 0.05) is 12.4 Å². The summed E-state index contributed by atoms with van der Waals surface area (Å²) in [5.41, 5.74) is 3.13. The molecule has 2 amide bonds. The smallest absolute Gasteiger partial charge is 0.266 e. The van der Waals surface area contributed by atoms with Gasteiger partial charge in [-0.15, -0.1) is 0 Å². The molecule has 2 aliphatic rings. The van der Waals surface area contributed by atoms with Gasteiger partial charge in [0.15, 0.2) is 6.10 Å². The topological polar surface area (TPSA) is 72.0 Å². The number of amides is 2. The normalized spacial score (nSPS) is 22.7. The molecular formula is C24H21N3O4. The van der Waals surface area contributed by atoms with Crippen molar-refractivity contribution in [2.45, 2.75) is 19.1 Å². The molecule has 31 heavy (non-hydrogen) atoms. The van der Waals surface area contributed by atoms with E-state index >= 15 is 0 Å². The lowest BCUT2D eigenvalue weighted by Gasteiger charge is -2.29. The van der Waals surface area contributed by atoms with Crippen LogP contribution in [0.3, 0.4) is 0 Å². The van der Waals surface area contributed by atoms with Crippen molar-refractivity contribution in [2.75, 3.05) is 17.1 Å². The number of para-hydroxylation sites is 1. The number of hydrogen-bond acceptors (Lipinski definition) is 6. The first-order chi connectivity index (χ1) is 15.1. The largest absolute Gasteiger partial charge is 0.497 e. The Morgan fingerprint density at radius 3 is 2.42 bits per heavy atom. The van der Waals surface area contributed by atoms with Crippen LogP contribution in [0.5, 0.6) is 5.75 Å². The number of carbonyl (C=O) groups excluding carboxylic acids is 2. The first kappa shape index (κ1) is 19.3. The number of ether oxygens (including phenoxy) is 1. The Morgan fingerprint density at radius 1 is 0.968 bits per heavy atom. The number of methoxy groups -OCH3 is 1. The van der Waals surface area contributed by atoms with Crippen molar-refractivity contribution in [1.82, 2.24) is 4.98 Å². The van der Waals surface area contributed by atoms with Crippen molar-refractivity contribution in [1.29, 1.82) is 0 Å². The van der Waals surface area contributed by atoms with Gasteiger partial charge in [-0.1, -0.05) is 24.3 Å². The number of carbonyl (C=O) groups is 2. The summed E-state index contributed by atoms with van der Waals surface area (Å²) < 4.78 is 5.18. The molecule has 3 atom stereocenters. The van der Waals surface area contributed by atoms with E-state index in [0.717, 1.165) is 16.8 Å². The van der Waals surface area contributed by atoms with Gasteiger partial charge < -0.3 is 4.74 Å². The van der Waals surface area contributed by atoms with E-state index in [4.69, 9.17) is 9.57 Å². The zero-order valence-corrected chi connectivity index (χ0v) is 17.1. The highest BCUT2D eigenvalue weighted by molar-refractivity contribution is 6.23. The molecule has 2 aromatic carbocycles. The highest BCUT2D eigenvalue weighted by atomic mass is 16.7. The SMILES string of the molecule is COc1ccc(N2C(=O)[C@@H]3[C@@H](c4cccnc4)N(c4ccccc4C)O[C@H]3C2=O)cc1. The predicted octanol–water partition coefficient (Wildman–Crippen LogP) is 3.45. The van der Waals surface area contributed by atoms with Gasteiger partial charge in [0.05, 0.1) is 24.5 Å². The van der Waals surface area contributed by atoms with Gasteiger partial charge >= 0.3 is 0 Å². The van der Waals surface area contributed by atoms with Gasteiger partial charge in [-0.25, -0.2) is 9.96 Å². The quantitative estimate of drug-likeness (QED) is 0.608. The zero-order valence-electron chi connectivity index (χ0n) is 17.1. The molecule has 3 aromatic rings. The van der Waals surface area contributed by atoms with Gasteiger partial charge in [-0.3, -0.25) is 19.4 Å². The number of aromatic nitrogens is 1. The van der Waals surface area contributed by atoms with E-state index in [1.54, 1.807) is 48.8 Å². The molecule has 3 heterocycles. The molecule has 0 radical (unpaired) electrons. The summed E-state index contributed by atoms with van der Waals surface area (Å²) >= 11 is 0. The average Bonchev–Trinajstić information content (AvgIpc) is 3.31. The number of benzene rings is 2. The number of hydrogen-bond donors (Lipinski definition) is 0. The summed E-state index contributed by atoms with van der Waals surface area (Å²) in [5, 5.41) is 1.70. The first-order valence-electron chi connectivity index (χ1n) is 10.0. The Kier molecular flexibility index (Phi) is 4.67. The molecule has 0 aliphatic carbocycles. The Balaban J connectivity index is 1.57. The van der Waals surface area contributed by atoms with Crippen molar-refractivity contribution in [3.63, 3.8) is 0 Å². The van der Waals surface area contributed by atoms with Gasteiger partial charge in [0.25, 0.3) is 5.91 Å². The number of aryl methyl sites for hydroxylation is 1. The number of nitrogens with zero attached hydrogens (tertiary/aromatic N) is 3. The van der Waals surface area contributed by atoms with E-state index in [1.165, 1.54) is 4.90 Å². The summed E-state index contributed by atoms with van der Waals surface area (Å²) in [6, 6.07) is 17.9. The third kappa shape index (κ3) is 3.05. The van der Waals surface area contributed by atoms with Gasteiger partial charge in [-0.05, 0) is 54.4 Å². The van der Waals surface area contributed by atoms with Gasteiger partial charge in [0.2, 0.25) is 5.91 Å². The molecule has 2 saturated heterocycles. The van der Waals surface area contributed by atoms with Crippen LogP contribution in [0.1, 0.15) is 17.2 Å². The second-order valence-electron chi connectivity index (χ2n) is 7.61. The monoisotopic (exact) mass is 415 g/mol. The average molecular weight is 415 g/mol. The minimum Gasteiger partial charge on any atom is -0.497 e. The van der Waals surface area contributed by atoms with Crippen LogP contribution < -0.4 is 14.7 Å². The number of anilines is 2. The van der Waals surface area contributed by atoms with E-state index in [1.807, 2.05) is 43.3 Å². The van der Waals surface area contributed by atoms with Crippen molar-refractivity contribution >= 4 is 23.2 Å². The van der Waals surface area contributed by atoms with Crippen LogP contribution in [-0.4, -0.2) is 30.0 Å². The molecular weight excluding hydrogens is 394 g/mol. The van der Waals surface area contributed by atoms with E-state index in [-0.39, 0.29) is 11.8 Å². The number of fused-ring (bicyclic) bond motifs is 1. The van der Waals surface area contributed by atoms with E-state index < -0.39 is 18.1 Å². The predicted molar refractivity (Wildman–Crippen MR) is 114 cm³/mol. The fourth-order valence-corrected chi connectivity index (χ4v) is 4.31. The fraction of sp³-hybridized carbons (Fsp3) is 0.208. The lowest BCUT2D eigenvalue weighted by Crippen LogP contribution is -2.37. The highest BCUT2D eigenvalue weighted by Crippen LogP contribution is 2.48. The Bertz CT molecular complexity index is 1130. The fourth-order valence-electron chi connectivity index (χ4n) is 4.31. The van der Waals surface area contributed by atoms with Crippen molar-refractivity contribution in [3.05, 3.63) is 84.2 Å². The standard InChI is InChI=1S/C24H21N3O4/c1-15-6-3-4-8-19(15)27-21(16-7-5-13-25-14-16)20-22(31-27)24(29)26(23(20)28)17-9-11-18(30-2)12-10-17/h3-14,20-22H,1-2H3/t20-,21-,22-/m1/s1. The zero-order chi connectivity index (χ0) is 21.5. The van der Waals surface area contributed by atoms with Crippen LogP contribution >= 0.6 is 0 Å². The molecule has 0 saturated carbocycles. The van der Waals surface area contributed by atoms with Crippen LogP contribution in [0.15, 0.2) is 73.1 Å². The number of pyridine rings is 1. The van der Waals surface area contributed by atoms with E-state index in [9.17, 15) is 9.59 Å². The summed E-state index contributed by atoms with van der Waals surface area (Å²) in [6.07, 6.45) is 2.50. The van der Waals surface area contributed by atoms with Gasteiger partial charge in [0.1, 0.15) is 11.7 Å². The van der Waals surface area contributed by atoms with Crippen molar-refractivity contribution < 1.29 is 19.2 Å². The van der Waals surface area contributed by atoms with Crippen molar-refractivity contribution in [3.8, 4) is 5.75 Å². The van der Waals surface area contributed by atoms with Crippen LogP contribution in [0.2, 0.25) is 0 Å². The maximum atomic E-state index is 13.5. The summed E-state index contributed by atoms with van der Waals surface area (Å²) in [6.45, 7) is 1.97. The van der Waals surface area contributed by atoms with E-state index in [2.05, 4.69) is 4.98 Å². The molecule has 0 N–H and O–H groups in total. The summed E-state index contributed by atoms with van der Waals surface area (Å²) in [7, 11) is 1.57. The second kappa shape index (κ2) is 7.52. The first-order valence-corrected chi connectivity index (χ1v) is 10.0. The number of imide groups is 1. The van der Waals surface area contributed by atoms with E-state index in [0.29, 0.717) is 11.4 Å². The Labute approximate surface area is 179 Å². The highest BCUT2D eigenvalue weighted by Gasteiger charge is 2.60. The minimum atomic E-state index is -0.903. The summed E-state index contributed by atoms with van der Waals surface area (Å²) in [4.78, 5) is 38.5. The Morgan fingerprint density at radius 2 is 1.74 bits per heavy atom. The minimum absolute atomic E-state index is 0.287. The van der Waals surface area contributed by atoms with Crippen LogP contribution in [0.4, 0.5) is 11.4 Å². The maximum absolute atomic E-state index is 13.5. The molecule has 1 aromatic heterocycles.